The maximum absolute atomic E-state index is 3.95. The molecule has 2 aromatic rings. The van der Waals surface area contributed by atoms with Crippen molar-refractivity contribution in [2.24, 2.45) is 12.1 Å². The number of hydrogen-bond acceptors (Lipinski definition) is 5. The largest absolute Gasteiger partial charge is 0.255 e. The van der Waals surface area contributed by atoms with Gasteiger partial charge >= 0.3 is 0 Å². The first-order valence-corrected chi connectivity index (χ1v) is 3.60. The number of nitrogens with zero attached hydrogens (tertiary/aromatic N) is 7. The summed E-state index contributed by atoms with van der Waals surface area (Å²) in [7, 11) is 1.79. The van der Waals surface area contributed by atoms with Crippen LogP contribution in [0.1, 0.15) is 5.69 Å². The van der Waals surface area contributed by atoms with Gasteiger partial charge in [0, 0.05) is 7.05 Å². The molecule has 0 saturated heterocycles. The van der Waals surface area contributed by atoms with Gasteiger partial charge in [0.1, 0.15) is 18.3 Å². The van der Waals surface area contributed by atoms with E-state index in [4.69, 9.17) is 0 Å². The summed E-state index contributed by atoms with van der Waals surface area (Å²) >= 11 is 0. The van der Waals surface area contributed by atoms with Crippen LogP contribution in [0.15, 0.2) is 24.0 Å². The third-order valence-corrected chi connectivity index (χ3v) is 1.34. The molecule has 2 rings (SSSR count). The first-order chi connectivity index (χ1) is 6.34. The van der Waals surface area contributed by atoms with Crippen LogP contribution >= 0.6 is 0 Å². The molecule has 0 bridgehead atoms. The van der Waals surface area contributed by atoms with Gasteiger partial charge in [-0.15, -0.1) is 15.0 Å². The van der Waals surface area contributed by atoms with Crippen molar-refractivity contribution in [1.82, 2.24) is 29.9 Å². The fourth-order valence-electron chi connectivity index (χ4n) is 0.804. The highest BCUT2D eigenvalue weighted by Gasteiger charge is 1.92. The van der Waals surface area contributed by atoms with Crippen molar-refractivity contribution in [2.75, 3.05) is 0 Å². The van der Waals surface area contributed by atoms with E-state index in [0.717, 1.165) is 0 Å². The van der Waals surface area contributed by atoms with Crippen molar-refractivity contribution >= 4 is 6.21 Å². The Hall–Kier alpha value is -2.05. The molecule has 0 aromatic carbocycles. The van der Waals surface area contributed by atoms with E-state index < -0.39 is 0 Å². The average molecular weight is 177 g/mol. The summed E-state index contributed by atoms with van der Waals surface area (Å²) in [5, 5.41) is 15.3. The molecular weight excluding hydrogens is 170 g/mol. The van der Waals surface area contributed by atoms with E-state index in [1.165, 1.54) is 17.4 Å². The minimum atomic E-state index is 0.679. The van der Waals surface area contributed by atoms with Crippen LogP contribution in [0, 0.1) is 0 Å². The Morgan fingerprint density at radius 1 is 1.54 bits per heavy atom. The molecule has 7 nitrogen and oxygen atoms in total. The van der Waals surface area contributed by atoms with Gasteiger partial charge in [0.2, 0.25) is 0 Å². The molecule has 0 aliphatic heterocycles. The van der Waals surface area contributed by atoms with E-state index >= 15 is 0 Å². The highest BCUT2D eigenvalue weighted by molar-refractivity contribution is 5.75. The van der Waals surface area contributed by atoms with Gasteiger partial charge in [-0.05, 0) is 0 Å². The molecule has 0 N–H and O–H groups in total. The lowest BCUT2D eigenvalue weighted by Gasteiger charge is -1.84. The summed E-state index contributed by atoms with van der Waals surface area (Å²) in [5.41, 5.74) is 0.679. The van der Waals surface area contributed by atoms with Gasteiger partial charge in [-0.25, -0.2) is 4.98 Å². The molecular formula is C6H7N7. The number of aryl methyl sites for hydroxylation is 1. The van der Waals surface area contributed by atoms with Gasteiger partial charge in [-0.1, -0.05) is 5.21 Å². The van der Waals surface area contributed by atoms with E-state index in [9.17, 15) is 0 Å². The molecule has 66 valence electrons. The molecule has 0 spiro atoms. The van der Waals surface area contributed by atoms with E-state index in [1.54, 1.807) is 24.1 Å². The van der Waals surface area contributed by atoms with Crippen molar-refractivity contribution in [3.05, 3.63) is 24.5 Å². The third kappa shape index (κ3) is 1.75. The molecule has 0 saturated carbocycles. The molecule has 0 fully saturated rings. The number of rotatable bonds is 2. The van der Waals surface area contributed by atoms with Crippen molar-refractivity contribution in [3.63, 3.8) is 0 Å². The first-order valence-electron chi connectivity index (χ1n) is 3.60. The van der Waals surface area contributed by atoms with Crippen LogP contribution in [0.25, 0.3) is 0 Å². The zero-order valence-corrected chi connectivity index (χ0v) is 6.94. The predicted octanol–water partition coefficient (Wildman–Crippen LogP) is -0.711. The molecule has 0 aliphatic carbocycles. The lowest BCUT2D eigenvalue weighted by atomic mass is 10.5. The summed E-state index contributed by atoms with van der Waals surface area (Å²) in [6.07, 6.45) is 6.21. The Morgan fingerprint density at radius 2 is 2.46 bits per heavy atom. The first kappa shape index (κ1) is 7.59. The fraction of sp³-hybridized carbons (Fsp3) is 0.167. The van der Waals surface area contributed by atoms with Crippen LogP contribution in [-0.2, 0) is 7.05 Å². The second-order valence-corrected chi connectivity index (χ2v) is 2.38. The van der Waals surface area contributed by atoms with Crippen molar-refractivity contribution in [3.8, 4) is 0 Å². The molecule has 0 atom stereocenters. The number of aromatic nitrogens is 6. The molecule has 0 amide bonds. The minimum Gasteiger partial charge on any atom is -0.255 e. The Bertz CT molecular complexity index is 398. The van der Waals surface area contributed by atoms with Crippen LogP contribution in [0.4, 0.5) is 0 Å². The van der Waals surface area contributed by atoms with Crippen LogP contribution in [0.3, 0.4) is 0 Å². The molecule has 7 heteroatoms. The Kier molecular flexibility index (Phi) is 1.83. The lowest BCUT2D eigenvalue weighted by Crippen LogP contribution is -1.90. The Labute approximate surface area is 73.7 Å². The SMILES string of the molecule is Cn1cc(/C=N/n2cncn2)nn1. The lowest BCUT2D eigenvalue weighted by molar-refractivity contribution is 0.714. The molecule has 0 radical (unpaired) electrons. The van der Waals surface area contributed by atoms with Crippen LogP contribution < -0.4 is 0 Å². The Morgan fingerprint density at radius 3 is 3.08 bits per heavy atom. The van der Waals surface area contributed by atoms with Gasteiger partial charge in [0.15, 0.2) is 0 Å². The maximum Gasteiger partial charge on any atom is 0.139 e. The van der Waals surface area contributed by atoms with Crippen LogP contribution in [-0.4, -0.2) is 36.1 Å². The van der Waals surface area contributed by atoms with Crippen LogP contribution in [0.5, 0.6) is 0 Å². The van der Waals surface area contributed by atoms with E-state index in [-0.39, 0.29) is 0 Å². The van der Waals surface area contributed by atoms with E-state index in [2.05, 4.69) is 25.5 Å². The minimum absolute atomic E-state index is 0.679. The number of hydrogen-bond donors (Lipinski definition) is 0. The van der Waals surface area contributed by atoms with Gasteiger partial charge in [0.05, 0.1) is 12.4 Å². The Balaban J connectivity index is 2.14. The quantitative estimate of drug-likeness (QED) is 0.568. The average Bonchev–Trinajstić information content (AvgIpc) is 2.71. The molecule has 2 aromatic heterocycles. The third-order valence-electron chi connectivity index (χ3n) is 1.34. The highest BCUT2D eigenvalue weighted by atomic mass is 15.5. The summed E-state index contributed by atoms with van der Waals surface area (Å²) in [4.78, 5) is 5.08. The second kappa shape index (κ2) is 3.13. The molecule has 13 heavy (non-hydrogen) atoms. The van der Waals surface area contributed by atoms with Crippen molar-refractivity contribution in [2.45, 2.75) is 0 Å². The summed E-state index contributed by atoms with van der Waals surface area (Å²) in [6, 6.07) is 0. The van der Waals surface area contributed by atoms with Gasteiger partial charge in [-0.3, -0.25) is 4.68 Å². The topological polar surface area (TPSA) is 73.8 Å². The monoisotopic (exact) mass is 177 g/mol. The molecule has 2 heterocycles. The zero-order chi connectivity index (χ0) is 9.10. The summed E-state index contributed by atoms with van der Waals surface area (Å²) in [6.45, 7) is 0. The standard InChI is InChI=1S/C6H7N7/c1-12-3-6(10-11-12)2-8-13-5-7-4-9-13/h2-5H,1H3/b8-2+. The normalized spacial score (nSPS) is 11.2. The van der Waals surface area contributed by atoms with Crippen molar-refractivity contribution in [1.29, 1.82) is 0 Å². The highest BCUT2D eigenvalue weighted by Crippen LogP contribution is 1.86. The van der Waals surface area contributed by atoms with E-state index in [1.807, 2.05) is 0 Å². The maximum atomic E-state index is 3.95. The summed E-state index contributed by atoms with van der Waals surface area (Å²) in [5.74, 6) is 0. The summed E-state index contributed by atoms with van der Waals surface area (Å²) < 4.78 is 1.60. The predicted molar refractivity (Wildman–Crippen MR) is 44.0 cm³/mol. The molecule has 0 aliphatic rings. The van der Waals surface area contributed by atoms with E-state index in [0.29, 0.717) is 5.69 Å². The smallest absolute Gasteiger partial charge is 0.139 e. The van der Waals surface area contributed by atoms with Crippen molar-refractivity contribution < 1.29 is 0 Å². The van der Waals surface area contributed by atoms with Gasteiger partial charge < -0.3 is 0 Å². The second-order valence-electron chi connectivity index (χ2n) is 2.38. The van der Waals surface area contributed by atoms with Gasteiger partial charge in [0.25, 0.3) is 0 Å². The van der Waals surface area contributed by atoms with Crippen LogP contribution in [0.2, 0.25) is 0 Å². The fourth-order valence-corrected chi connectivity index (χ4v) is 0.804. The molecule has 0 unspecified atom stereocenters. The van der Waals surface area contributed by atoms with Gasteiger partial charge in [-0.2, -0.15) is 5.10 Å². The zero-order valence-electron chi connectivity index (χ0n) is 6.94.